The van der Waals surface area contributed by atoms with E-state index < -0.39 is 0 Å². The standard InChI is InChI=1S/C14H15NO2/c1-2-3-10-17-14(16)13-12-7-5-4-6-11(12)8-9-15-13/h4-9H,2-3,10H2,1H3. The summed E-state index contributed by atoms with van der Waals surface area (Å²) in [7, 11) is 0. The molecule has 0 atom stereocenters. The summed E-state index contributed by atoms with van der Waals surface area (Å²) in [5, 5.41) is 1.85. The third-order valence-corrected chi connectivity index (χ3v) is 2.60. The molecule has 1 aromatic carbocycles. The highest BCUT2D eigenvalue weighted by Crippen LogP contribution is 2.16. The van der Waals surface area contributed by atoms with Gasteiger partial charge in [0.1, 0.15) is 0 Å². The third kappa shape index (κ3) is 2.61. The van der Waals surface area contributed by atoms with Gasteiger partial charge in [-0.05, 0) is 17.9 Å². The Morgan fingerprint density at radius 1 is 1.29 bits per heavy atom. The Bertz CT molecular complexity index is 517. The number of fused-ring (bicyclic) bond motifs is 1. The summed E-state index contributed by atoms with van der Waals surface area (Å²) in [6, 6.07) is 9.57. The summed E-state index contributed by atoms with van der Waals surface area (Å²) in [6.45, 7) is 2.52. The van der Waals surface area contributed by atoms with Crippen LogP contribution in [0.1, 0.15) is 30.3 Å². The van der Waals surface area contributed by atoms with Gasteiger partial charge >= 0.3 is 5.97 Å². The van der Waals surface area contributed by atoms with Crippen molar-refractivity contribution in [3.63, 3.8) is 0 Å². The molecule has 1 aromatic heterocycles. The molecule has 0 spiro atoms. The van der Waals surface area contributed by atoms with E-state index in [2.05, 4.69) is 11.9 Å². The predicted octanol–water partition coefficient (Wildman–Crippen LogP) is 3.19. The lowest BCUT2D eigenvalue weighted by molar-refractivity contribution is 0.0495. The van der Waals surface area contributed by atoms with E-state index in [1.54, 1.807) is 6.20 Å². The highest BCUT2D eigenvalue weighted by Gasteiger charge is 2.12. The van der Waals surface area contributed by atoms with Crippen LogP contribution in [0.3, 0.4) is 0 Å². The number of aromatic nitrogens is 1. The Labute approximate surface area is 100 Å². The second-order valence-corrected chi connectivity index (χ2v) is 3.87. The van der Waals surface area contributed by atoms with E-state index in [4.69, 9.17) is 4.74 Å². The first kappa shape index (κ1) is 11.6. The van der Waals surface area contributed by atoms with E-state index in [9.17, 15) is 4.79 Å². The number of carbonyl (C=O) groups excluding carboxylic acids is 1. The zero-order valence-electron chi connectivity index (χ0n) is 9.85. The van der Waals surface area contributed by atoms with E-state index in [0.29, 0.717) is 12.3 Å². The van der Waals surface area contributed by atoms with Crippen LogP contribution in [0.25, 0.3) is 10.8 Å². The molecule has 88 valence electrons. The molecule has 3 heteroatoms. The highest BCUT2D eigenvalue weighted by molar-refractivity contribution is 6.02. The molecule has 0 aliphatic rings. The maximum Gasteiger partial charge on any atom is 0.357 e. The van der Waals surface area contributed by atoms with Gasteiger partial charge in [-0.15, -0.1) is 0 Å². The zero-order valence-corrected chi connectivity index (χ0v) is 9.85. The first-order chi connectivity index (χ1) is 8.33. The van der Waals surface area contributed by atoms with Crippen LogP contribution in [0, 0.1) is 0 Å². The fourth-order valence-corrected chi connectivity index (χ4v) is 1.66. The van der Waals surface area contributed by atoms with Crippen LogP contribution >= 0.6 is 0 Å². The number of carbonyl (C=O) groups is 1. The third-order valence-electron chi connectivity index (χ3n) is 2.60. The quantitative estimate of drug-likeness (QED) is 0.597. The van der Waals surface area contributed by atoms with Crippen LogP contribution in [0.4, 0.5) is 0 Å². The summed E-state index contributed by atoms with van der Waals surface area (Å²) in [4.78, 5) is 16.0. The Morgan fingerprint density at radius 3 is 2.94 bits per heavy atom. The lowest BCUT2D eigenvalue weighted by atomic mass is 10.1. The van der Waals surface area contributed by atoms with Crippen LogP contribution in [-0.4, -0.2) is 17.6 Å². The van der Waals surface area contributed by atoms with Gasteiger partial charge in [-0.1, -0.05) is 37.6 Å². The normalized spacial score (nSPS) is 10.4. The Balaban J connectivity index is 2.26. The van der Waals surface area contributed by atoms with Crippen LogP contribution < -0.4 is 0 Å². The van der Waals surface area contributed by atoms with Crippen molar-refractivity contribution in [3.8, 4) is 0 Å². The van der Waals surface area contributed by atoms with Crippen molar-refractivity contribution >= 4 is 16.7 Å². The average molecular weight is 229 g/mol. The van der Waals surface area contributed by atoms with Gasteiger partial charge in [0.2, 0.25) is 0 Å². The van der Waals surface area contributed by atoms with Crippen molar-refractivity contribution in [1.29, 1.82) is 0 Å². The van der Waals surface area contributed by atoms with Crippen molar-refractivity contribution in [1.82, 2.24) is 4.98 Å². The molecule has 0 bridgehead atoms. The molecule has 2 aromatic rings. The monoisotopic (exact) mass is 229 g/mol. The molecule has 2 rings (SSSR count). The summed E-state index contributed by atoms with van der Waals surface area (Å²) in [6.07, 6.45) is 3.53. The fraction of sp³-hybridized carbons (Fsp3) is 0.286. The van der Waals surface area contributed by atoms with Gasteiger partial charge in [-0.3, -0.25) is 0 Å². The number of benzene rings is 1. The lowest BCUT2D eigenvalue weighted by Gasteiger charge is -2.05. The van der Waals surface area contributed by atoms with Crippen molar-refractivity contribution in [2.75, 3.05) is 6.61 Å². The first-order valence-corrected chi connectivity index (χ1v) is 5.84. The minimum atomic E-state index is -0.338. The van der Waals surface area contributed by atoms with Crippen molar-refractivity contribution in [2.24, 2.45) is 0 Å². The number of hydrogen-bond acceptors (Lipinski definition) is 3. The lowest BCUT2D eigenvalue weighted by Crippen LogP contribution is -2.08. The Morgan fingerprint density at radius 2 is 2.12 bits per heavy atom. The van der Waals surface area contributed by atoms with Gasteiger partial charge in [0.15, 0.2) is 5.69 Å². The van der Waals surface area contributed by atoms with Crippen molar-refractivity contribution in [2.45, 2.75) is 19.8 Å². The van der Waals surface area contributed by atoms with E-state index in [1.165, 1.54) is 0 Å². The molecule has 17 heavy (non-hydrogen) atoms. The molecule has 0 aliphatic carbocycles. The molecule has 0 fully saturated rings. The zero-order chi connectivity index (χ0) is 12.1. The number of pyridine rings is 1. The van der Waals surface area contributed by atoms with Crippen molar-refractivity contribution < 1.29 is 9.53 Å². The number of nitrogens with zero attached hydrogens (tertiary/aromatic N) is 1. The number of esters is 1. The maximum atomic E-state index is 11.8. The summed E-state index contributed by atoms with van der Waals surface area (Å²) >= 11 is 0. The topological polar surface area (TPSA) is 39.2 Å². The molecule has 0 radical (unpaired) electrons. The SMILES string of the molecule is CCCCOC(=O)c1nccc2ccccc12. The summed E-state index contributed by atoms with van der Waals surface area (Å²) in [5.74, 6) is -0.338. The second kappa shape index (κ2) is 5.43. The van der Waals surface area contributed by atoms with Gasteiger partial charge < -0.3 is 4.74 Å². The predicted molar refractivity (Wildman–Crippen MR) is 66.9 cm³/mol. The first-order valence-electron chi connectivity index (χ1n) is 5.84. The molecule has 0 saturated heterocycles. The van der Waals surface area contributed by atoms with Gasteiger partial charge in [0.05, 0.1) is 6.61 Å². The summed E-state index contributed by atoms with van der Waals surface area (Å²) in [5.41, 5.74) is 0.402. The minimum Gasteiger partial charge on any atom is -0.461 e. The molecule has 1 heterocycles. The Hall–Kier alpha value is -1.90. The van der Waals surface area contributed by atoms with Gasteiger partial charge in [0, 0.05) is 11.6 Å². The molecule has 0 unspecified atom stereocenters. The van der Waals surface area contributed by atoms with Gasteiger partial charge in [0.25, 0.3) is 0 Å². The highest BCUT2D eigenvalue weighted by atomic mass is 16.5. The van der Waals surface area contributed by atoms with Gasteiger partial charge in [-0.25, -0.2) is 9.78 Å². The smallest absolute Gasteiger partial charge is 0.357 e. The van der Waals surface area contributed by atoms with Crippen LogP contribution in [0.2, 0.25) is 0 Å². The molecule has 0 aliphatic heterocycles. The van der Waals surface area contributed by atoms with E-state index >= 15 is 0 Å². The van der Waals surface area contributed by atoms with Crippen LogP contribution in [0.15, 0.2) is 36.5 Å². The fourth-order valence-electron chi connectivity index (χ4n) is 1.66. The molecule has 0 saturated carbocycles. The van der Waals surface area contributed by atoms with Crippen LogP contribution in [0.5, 0.6) is 0 Å². The van der Waals surface area contributed by atoms with Crippen molar-refractivity contribution in [3.05, 3.63) is 42.2 Å². The largest absolute Gasteiger partial charge is 0.461 e. The molecule has 0 N–H and O–H groups in total. The van der Waals surface area contributed by atoms with E-state index in [-0.39, 0.29) is 5.97 Å². The maximum absolute atomic E-state index is 11.8. The number of rotatable bonds is 4. The van der Waals surface area contributed by atoms with E-state index in [0.717, 1.165) is 23.6 Å². The average Bonchev–Trinajstić information content (AvgIpc) is 2.38. The van der Waals surface area contributed by atoms with E-state index in [1.807, 2.05) is 30.3 Å². The minimum absolute atomic E-state index is 0.338. The molecular formula is C14H15NO2. The molecule has 0 amide bonds. The number of hydrogen-bond donors (Lipinski definition) is 0. The molecular weight excluding hydrogens is 214 g/mol. The number of unbranched alkanes of at least 4 members (excludes halogenated alkanes) is 1. The summed E-state index contributed by atoms with van der Waals surface area (Å²) < 4.78 is 5.18. The van der Waals surface area contributed by atoms with Crippen LogP contribution in [-0.2, 0) is 4.74 Å². The Kier molecular flexibility index (Phi) is 3.70. The number of ether oxygens (including phenoxy) is 1. The second-order valence-electron chi connectivity index (χ2n) is 3.87. The molecule has 3 nitrogen and oxygen atoms in total. The van der Waals surface area contributed by atoms with Gasteiger partial charge in [-0.2, -0.15) is 0 Å².